The van der Waals surface area contributed by atoms with E-state index in [1.807, 2.05) is 81.5 Å². The van der Waals surface area contributed by atoms with Gasteiger partial charge in [0.15, 0.2) is 0 Å². The Morgan fingerprint density at radius 2 is 1.07 bits per heavy atom. The maximum atomic E-state index is 13.6. The predicted molar refractivity (Wildman–Crippen MR) is 161 cm³/mol. The molecule has 4 aromatic carbocycles. The molecule has 232 valence electrons. The van der Waals surface area contributed by atoms with Crippen molar-refractivity contribution in [2.75, 3.05) is 0 Å². The molecule has 0 heterocycles. The van der Waals surface area contributed by atoms with Gasteiger partial charge in [0, 0.05) is 0 Å². The number of halogens is 6. The third-order valence-electron chi connectivity index (χ3n) is 8.96. The van der Waals surface area contributed by atoms with Crippen LogP contribution in [0.4, 0.5) is 26.3 Å². The van der Waals surface area contributed by atoms with E-state index >= 15 is 0 Å². The number of hydrogen-bond donors (Lipinski definition) is 0. The summed E-state index contributed by atoms with van der Waals surface area (Å²) in [7, 11) is 0. The molecule has 45 heavy (non-hydrogen) atoms. The second-order valence-corrected chi connectivity index (χ2v) is 23.9. The number of benzene rings is 4. The summed E-state index contributed by atoms with van der Waals surface area (Å²) in [5.41, 5.74) is 3.17. The number of rotatable bonds is 6. The zero-order valence-electron chi connectivity index (χ0n) is 24.8. The molecular weight excluding hydrogens is 670 g/mol. The molecule has 0 fully saturated rings. The average molecular weight is 700 g/mol. The van der Waals surface area contributed by atoms with Gasteiger partial charge in [0.2, 0.25) is 0 Å². The van der Waals surface area contributed by atoms with E-state index in [0.717, 1.165) is 58.6 Å². The molecule has 0 spiro atoms. The molecule has 0 bridgehead atoms. The van der Waals surface area contributed by atoms with Crippen LogP contribution in [0.2, 0.25) is 0 Å². The van der Waals surface area contributed by atoms with Crippen molar-refractivity contribution in [3.05, 3.63) is 140 Å². The van der Waals surface area contributed by atoms with Crippen LogP contribution in [0.3, 0.4) is 0 Å². The first-order valence-corrected chi connectivity index (χ1v) is 20.4. The Bertz CT molecular complexity index is 1800. The molecule has 0 unspecified atom stereocenters. The zero-order valence-corrected chi connectivity index (χ0v) is 27.2. The van der Waals surface area contributed by atoms with E-state index < -0.39 is 46.3 Å². The summed E-state index contributed by atoms with van der Waals surface area (Å²) in [6.45, 7) is 5.78. The third kappa shape index (κ3) is 5.13. The summed E-state index contributed by atoms with van der Waals surface area (Å²) in [4.78, 5) is 0. The van der Waals surface area contributed by atoms with E-state index in [0.29, 0.717) is 6.42 Å². The number of allylic oxidation sites excluding steroid dienone is 4. The fourth-order valence-corrected chi connectivity index (χ4v) is 22.5. The number of hydrogen-bond acceptors (Lipinski definition) is 2. The van der Waals surface area contributed by atoms with Crippen LogP contribution >= 0.6 is 0 Å². The van der Waals surface area contributed by atoms with E-state index in [1.54, 1.807) is 0 Å². The van der Waals surface area contributed by atoms with E-state index in [2.05, 4.69) is 0 Å². The molecule has 4 aromatic rings. The van der Waals surface area contributed by atoms with Crippen LogP contribution in [0.1, 0.15) is 53.1 Å². The van der Waals surface area contributed by atoms with Gasteiger partial charge in [-0.15, -0.1) is 0 Å². The van der Waals surface area contributed by atoms with Gasteiger partial charge in [0.25, 0.3) is 0 Å². The van der Waals surface area contributed by atoms with Gasteiger partial charge in [-0.3, -0.25) is 0 Å². The zero-order chi connectivity index (χ0) is 32.2. The first-order valence-electron chi connectivity index (χ1n) is 14.5. The molecular formula is C36H30F6O2Zr. The molecule has 0 saturated carbocycles. The molecule has 0 N–H and O–H groups in total. The van der Waals surface area contributed by atoms with Gasteiger partial charge >= 0.3 is 260 Å². The van der Waals surface area contributed by atoms with Crippen LogP contribution in [-0.2, 0) is 31.5 Å². The van der Waals surface area contributed by atoms with Crippen molar-refractivity contribution in [1.82, 2.24) is 0 Å². The van der Waals surface area contributed by atoms with Crippen LogP contribution in [0.5, 0.6) is 11.5 Å². The van der Waals surface area contributed by atoms with Crippen LogP contribution in [0.25, 0.3) is 11.1 Å². The molecule has 0 amide bonds. The van der Waals surface area contributed by atoms with Gasteiger partial charge in [-0.05, 0) is 0 Å². The Morgan fingerprint density at radius 1 is 0.644 bits per heavy atom. The molecule has 0 radical (unpaired) electrons. The summed E-state index contributed by atoms with van der Waals surface area (Å²) >= 11 is -5.97. The molecule has 0 saturated heterocycles. The molecule has 6 rings (SSSR count). The van der Waals surface area contributed by atoms with Crippen LogP contribution in [0, 0.1) is 0 Å². The summed E-state index contributed by atoms with van der Waals surface area (Å²) in [5, 5.41) is 0. The Kier molecular flexibility index (Phi) is 7.63. The number of alkyl halides is 6. The Hall–Kier alpha value is -3.71. The predicted octanol–water partition coefficient (Wildman–Crippen LogP) is 10.9. The first-order chi connectivity index (χ1) is 21.2. The van der Waals surface area contributed by atoms with Crippen molar-refractivity contribution in [2.24, 2.45) is 0 Å². The van der Waals surface area contributed by atoms with Crippen molar-refractivity contribution in [2.45, 2.75) is 43.2 Å². The van der Waals surface area contributed by atoms with E-state index in [-0.39, 0.29) is 11.5 Å². The molecule has 9 heteroatoms. The van der Waals surface area contributed by atoms with Gasteiger partial charge in [-0.1, -0.05) is 0 Å². The van der Waals surface area contributed by atoms with Crippen LogP contribution in [-0.4, -0.2) is 3.21 Å². The van der Waals surface area contributed by atoms with Crippen molar-refractivity contribution < 1.29 is 51.1 Å². The van der Waals surface area contributed by atoms with Crippen molar-refractivity contribution in [3.63, 3.8) is 0 Å². The third-order valence-corrected chi connectivity index (χ3v) is 24.7. The minimum absolute atomic E-state index is 0.189. The monoisotopic (exact) mass is 698 g/mol. The molecule has 0 aliphatic heterocycles. The Labute approximate surface area is 259 Å². The van der Waals surface area contributed by atoms with Crippen molar-refractivity contribution >= 4 is 3.21 Å². The SMILES string of the molecule is CC1=CC[C]([Zr]([O]c2ccc(C(F)(F)F)cc2)([O]c2ccc(C(F)(F)F)cc2)(=[C](C)C)[CH]2c3ccccc3-c3ccccc32)=C1. The maximum absolute atomic E-state index is 13.6. The Morgan fingerprint density at radius 3 is 1.42 bits per heavy atom. The molecule has 0 atom stereocenters. The minimum atomic E-state index is -5.97. The van der Waals surface area contributed by atoms with Gasteiger partial charge in [-0.25, -0.2) is 0 Å². The van der Waals surface area contributed by atoms with Gasteiger partial charge < -0.3 is 0 Å². The molecule has 0 aromatic heterocycles. The summed E-state index contributed by atoms with van der Waals surface area (Å²) in [5.74, 6) is 0.378. The molecule has 2 aliphatic rings. The average Bonchev–Trinajstić information content (AvgIpc) is 3.59. The van der Waals surface area contributed by atoms with E-state index in [9.17, 15) is 26.3 Å². The second kappa shape index (κ2) is 11.0. The van der Waals surface area contributed by atoms with Crippen molar-refractivity contribution in [3.8, 4) is 22.6 Å². The topological polar surface area (TPSA) is 18.5 Å². The van der Waals surface area contributed by atoms with Crippen molar-refractivity contribution in [1.29, 1.82) is 0 Å². The van der Waals surface area contributed by atoms with Gasteiger partial charge in [-0.2, -0.15) is 0 Å². The standard InChI is InChI=1S/C13H9.2C7H5F3O.C6H7.C3H6.Zr/c1-3-7-12-10(5-1)9-11-6-2-4-8-13(11)12;2*8-7(9,10)5-1-3-6(11)4-2-5;1-6-4-2-3-5-6;1-3-2;/h1-9H;2*1-4,11H;4-5H,2H2,1H3;1-2H3;/q;;;;;+2/p-2. The summed E-state index contributed by atoms with van der Waals surface area (Å²) in [6.07, 6.45) is -4.55. The molecule has 2 aliphatic carbocycles. The second-order valence-electron chi connectivity index (χ2n) is 11.8. The van der Waals surface area contributed by atoms with E-state index in [4.69, 9.17) is 5.63 Å². The number of fused-ring (bicyclic) bond motifs is 3. The van der Waals surface area contributed by atoms with Gasteiger partial charge in [0.05, 0.1) is 0 Å². The van der Waals surface area contributed by atoms with Gasteiger partial charge in [0.1, 0.15) is 0 Å². The van der Waals surface area contributed by atoms with Crippen LogP contribution < -0.4 is 5.63 Å². The normalized spacial score (nSPS) is 15.2. The summed E-state index contributed by atoms with van der Waals surface area (Å²) < 4.78 is 97.3. The summed E-state index contributed by atoms with van der Waals surface area (Å²) in [6, 6.07) is 24.9. The first kappa shape index (κ1) is 31.3. The molecule has 2 nitrogen and oxygen atoms in total. The van der Waals surface area contributed by atoms with Crippen LogP contribution in [0.15, 0.2) is 118 Å². The quantitative estimate of drug-likeness (QED) is 0.187. The fourth-order valence-electron chi connectivity index (χ4n) is 6.88. The Balaban J connectivity index is 1.70. The fraction of sp³-hybridized carbons (Fsp3) is 0.194. The van der Waals surface area contributed by atoms with E-state index in [1.165, 1.54) is 24.3 Å².